The van der Waals surface area contributed by atoms with E-state index in [9.17, 15) is 0 Å². The molecule has 1 N–H and O–H groups in total. The summed E-state index contributed by atoms with van der Waals surface area (Å²) in [6, 6.07) is 1.97. The van der Waals surface area contributed by atoms with Gasteiger partial charge in [0.05, 0.1) is 11.2 Å². The van der Waals surface area contributed by atoms with Gasteiger partial charge in [-0.1, -0.05) is 0 Å². The lowest BCUT2D eigenvalue weighted by molar-refractivity contribution is 0.691. The van der Waals surface area contributed by atoms with E-state index in [-0.39, 0.29) is 0 Å². The highest BCUT2D eigenvalue weighted by molar-refractivity contribution is 7.09. The minimum absolute atomic E-state index is 0.778. The topological polar surface area (TPSA) is 55.1 Å². The van der Waals surface area contributed by atoms with Crippen LogP contribution >= 0.6 is 11.3 Å². The lowest BCUT2D eigenvalue weighted by atomic mass is 10.3. The number of nitrogens with zero attached hydrogens (tertiary/aromatic N) is 4. The number of nitrogens with one attached hydrogen (secondary N) is 1. The smallest absolute Gasteiger partial charge is 0.155 e. The Bertz CT molecular complexity index is 644. The molecule has 0 amide bonds. The van der Waals surface area contributed by atoms with Gasteiger partial charge in [-0.05, 0) is 6.92 Å². The van der Waals surface area contributed by atoms with Crippen LogP contribution in [0.2, 0.25) is 0 Å². The van der Waals surface area contributed by atoms with Crippen molar-refractivity contribution in [3.05, 3.63) is 46.3 Å². The number of aromatic nitrogens is 4. The molecular formula is C12H13N5S. The largest absolute Gasteiger partial charge is 0.308 e. The van der Waals surface area contributed by atoms with Crippen LogP contribution in [0.4, 0.5) is 0 Å². The van der Waals surface area contributed by atoms with Crippen molar-refractivity contribution in [2.24, 2.45) is 0 Å². The van der Waals surface area contributed by atoms with Gasteiger partial charge >= 0.3 is 0 Å². The standard InChI is InChI=1S/C12H13N5S/c1-9-2-12-15-4-10(7-17(12)16-9)3-13-5-11-6-14-8-18-11/h2,4,6-8,13H,3,5H2,1H3. The number of aryl methyl sites for hydroxylation is 1. The van der Waals surface area contributed by atoms with Gasteiger partial charge in [0.25, 0.3) is 0 Å². The normalized spacial score (nSPS) is 11.2. The van der Waals surface area contributed by atoms with Crippen LogP contribution in [0.25, 0.3) is 5.65 Å². The second-order valence-electron chi connectivity index (χ2n) is 4.12. The number of thiazole rings is 1. The fourth-order valence-corrected chi connectivity index (χ4v) is 2.35. The first-order valence-corrected chi connectivity index (χ1v) is 6.58. The molecule has 0 aliphatic carbocycles. The van der Waals surface area contributed by atoms with E-state index in [1.807, 2.05) is 41.6 Å². The van der Waals surface area contributed by atoms with Gasteiger partial charge in [-0.15, -0.1) is 11.3 Å². The van der Waals surface area contributed by atoms with Crippen molar-refractivity contribution < 1.29 is 0 Å². The van der Waals surface area contributed by atoms with E-state index in [0.29, 0.717) is 0 Å². The zero-order valence-electron chi connectivity index (χ0n) is 10.00. The molecule has 18 heavy (non-hydrogen) atoms. The van der Waals surface area contributed by atoms with Crippen molar-refractivity contribution in [2.75, 3.05) is 0 Å². The minimum Gasteiger partial charge on any atom is -0.308 e. The maximum atomic E-state index is 4.37. The van der Waals surface area contributed by atoms with Crippen molar-refractivity contribution in [3.63, 3.8) is 0 Å². The van der Waals surface area contributed by atoms with E-state index < -0.39 is 0 Å². The number of fused-ring (bicyclic) bond motifs is 1. The summed E-state index contributed by atoms with van der Waals surface area (Å²) in [5.41, 5.74) is 4.84. The fourth-order valence-electron chi connectivity index (χ4n) is 1.78. The van der Waals surface area contributed by atoms with Crippen LogP contribution in [0.15, 0.2) is 30.2 Å². The number of hydrogen-bond donors (Lipinski definition) is 1. The Morgan fingerprint density at radius 1 is 1.33 bits per heavy atom. The predicted molar refractivity (Wildman–Crippen MR) is 70.4 cm³/mol. The maximum absolute atomic E-state index is 4.37. The predicted octanol–water partition coefficient (Wildman–Crippen LogP) is 1.78. The zero-order valence-corrected chi connectivity index (χ0v) is 10.8. The Morgan fingerprint density at radius 2 is 2.28 bits per heavy atom. The van der Waals surface area contributed by atoms with E-state index in [2.05, 4.69) is 20.4 Å². The van der Waals surface area contributed by atoms with Crippen LogP contribution in [-0.2, 0) is 13.1 Å². The van der Waals surface area contributed by atoms with Crippen molar-refractivity contribution in [1.82, 2.24) is 24.9 Å². The molecule has 3 aromatic heterocycles. The van der Waals surface area contributed by atoms with E-state index in [0.717, 1.165) is 30.0 Å². The molecule has 0 aromatic carbocycles. The second kappa shape index (κ2) is 4.83. The third-order valence-corrected chi connectivity index (χ3v) is 3.38. The molecule has 0 bridgehead atoms. The van der Waals surface area contributed by atoms with Crippen LogP contribution < -0.4 is 5.32 Å². The van der Waals surface area contributed by atoms with Gasteiger partial charge in [-0.3, -0.25) is 4.98 Å². The molecule has 3 heterocycles. The monoisotopic (exact) mass is 259 g/mol. The quantitative estimate of drug-likeness (QED) is 0.776. The molecule has 6 heteroatoms. The molecule has 92 valence electrons. The average Bonchev–Trinajstić information content (AvgIpc) is 2.96. The first kappa shape index (κ1) is 11.3. The van der Waals surface area contributed by atoms with Gasteiger partial charge in [0.2, 0.25) is 0 Å². The summed E-state index contributed by atoms with van der Waals surface area (Å²) in [4.78, 5) is 9.65. The van der Waals surface area contributed by atoms with Crippen LogP contribution in [0, 0.1) is 6.92 Å². The molecule has 0 saturated heterocycles. The van der Waals surface area contributed by atoms with Crippen LogP contribution in [0.5, 0.6) is 0 Å². The van der Waals surface area contributed by atoms with Gasteiger partial charge < -0.3 is 5.32 Å². The molecule has 0 unspecified atom stereocenters. The van der Waals surface area contributed by atoms with Gasteiger partial charge in [0.1, 0.15) is 0 Å². The molecule has 0 radical (unpaired) electrons. The highest BCUT2D eigenvalue weighted by Gasteiger charge is 2.01. The zero-order chi connectivity index (χ0) is 12.4. The molecule has 0 aliphatic heterocycles. The van der Waals surface area contributed by atoms with Gasteiger partial charge in [-0.2, -0.15) is 5.10 Å². The minimum atomic E-state index is 0.778. The number of hydrogen-bond acceptors (Lipinski definition) is 5. The van der Waals surface area contributed by atoms with Crippen molar-refractivity contribution >= 4 is 17.0 Å². The number of rotatable bonds is 4. The van der Waals surface area contributed by atoms with Crippen molar-refractivity contribution in [2.45, 2.75) is 20.0 Å². The Kier molecular flexibility index (Phi) is 3.04. The summed E-state index contributed by atoms with van der Waals surface area (Å²) in [6.07, 6.45) is 5.78. The highest BCUT2D eigenvalue weighted by atomic mass is 32.1. The van der Waals surface area contributed by atoms with Crippen LogP contribution in [-0.4, -0.2) is 19.6 Å². The summed E-state index contributed by atoms with van der Waals surface area (Å²) < 4.78 is 1.82. The Balaban J connectivity index is 1.67. The van der Waals surface area contributed by atoms with Gasteiger partial charge in [0, 0.05) is 48.2 Å². The van der Waals surface area contributed by atoms with E-state index in [4.69, 9.17) is 0 Å². The summed E-state index contributed by atoms with van der Waals surface area (Å²) in [7, 11) is 0. The van der Waals surface area contributed by atoms with E-state index in [1.54, 1.807) is 11.3 Å². The molecule has 5 nitrogen and oxygen atoms in total. The molecule has 3 aromatic rings. The van der Waals surface area contributed by atoms with Gasteiger partial charge in [-0.25, -0.2) is 9.50 Å². The van der Waals surface area contributed by atoms with Crippen molar-refractivity contribution in [1.29, 1.82) is 0 Å². The third-order valence-electron chi connectivity index (χ3n) is 2.60. The molecular weight excluding hydrogens is 246 g/mol. The SMILES string of the molecule is Cc1cc2ncc(CNCc3cncs3)cn2n1. The van der Waals surface area contributed by atoms with E-state index >= 15 is 0 Å². The lowest BCUT2D eigenvalue weighted by Gasteiger charge is -2.03. The highest BCUT2D eigenvalue weighted by Crippen LogP contribution is 2.07. The van der Waals surface area contributed by atoms with Crippen LogP contribution in [0.1, 0.15) is 16.1 Å². The molecule has 0 atom stereocenters. The molecule has 0 spiro atoms. The van der Waals surface area contributed by atoms with Crippen molar-refractivity contribution in [3.8, 4) is 0 Å². The fraction of sp³-hybridized carbons (Fsp3) is 0.250. The Morgan fingerprint density at radius 3 is 3.11 bits per heavy atom. The Labute approximate surface area is 109 Å². The second-order valence-corrected chi connectivity index (χ2v) is 5.09. The average molecular weight is 259 g/mol. The van der Waals surface area contributed by atoms with E-state index in [1.165, 1.54) is 4.88 Å². The summed E-state index contributed by atoms with van der Waals surface area (Å²) in [5, 5.41) is 7.72. The summed E-state index contributed by atoms with van der Waals surface area (Å²) in [6.45, 7) is 3.58. The maximum Gasteiger partial charge on any atom is 0.155 e. The first-order valence-electron chi connectivity index (χ1n) is 5.70. The van der Waals surface area contributed by atoms with Crippen LogP contribution in [0.3, 0.4) is 0 Å². The van der Waals surface area contributed by atoms with Gasteiger partial charge in [0.15, 0.2) is 5.65 Å². The molecule has 3 rings (SSSR count). The molecule has 0 aliphatic rings. The summed E-state index contributed by atoms with van der Waals surface area (Å²) >= 11 is 1.66. The third kappa shape index (κ3) is 2.39. The first-order chi connectivity index (χ1) is 8.81. The Hall–Kier alpha value is -1.79. The molecule has 0 saturated carbocycles. The molecule has 0 fully saturated rings. The lowest BCUT2D eigenvalue weighted by Crippen LogP contribution is -2.12. The summed E-state index contributed by atoms with van der Waals surface area (Å²) in [5.74, 6) is 0.